The third-order valence-electron chi connectivity index (χ3n) is 4.06. The number of amides is 1. The van der Waals surface area contributed by atoms with E-state index in [1.807, 2.05) is 18.3 Å². The zero-order chi connectivity index (χ0) is 16.2. The number of rotatable bonds is 2. The number of hydrogen-bond acceptors (Lipinski definition) is 4. The van der Waals surface area contributed by atoms with Crippen LogP contribution in [-0.2, 0) is 0 Å². The molecule has 1 aliphatic heterocycles. The van der Waals surface area contributed by atoms with Gasteiger partial charge in [-0.3, -0.25) is 4.79 Å². The molecule has 3 rings (SSSR count). The van der Waals surface area contributed by atoms with E-state index in [9.17, 15) is 4.79 Å². The van der Waals surface area contributed by atoms with Gasteiger partial charge in [0.05, 0.1) is 4.88 Å². The van der Waals surface area contributed by atoms with Crippen molar-refractivity contribution in [1.82, 2.24) is 9.88 Å². The Morgan fingerprint density at radius 1 is 1.30 bits per heavy atom. The lowest BCUT2D eigenvalue weighted by molar-refractivity contribution is 0.100. The fourth-order valence-electron chi connectivity index (χ4n) is 2.58. The molecule has 5 heteroatoms. The summed E-state index contributed by atoms with van der Waals surface area (Å²) in [7, 11) is 2.15. The average molecular weight is 325 g/mol. The molecule has 0 atom stereocenters. The second kappa shape index (κ2) is 6.95. The molecule has 0 unspecified atom stereocenters. The van der Waals surface area contributed by atoms with E-state index < -0.39 is 5.91 Å². The maximum absolute atomic E-state index is 11.1. The standard InChI is InChI=1S/C18H19N3OS/c1-21-10-8-13(9-11-21)2-7-17-20-12-16(23-17)14-3-5-15(6-4-14)18(19)22/h3-6,12-13H,8-11H2,1H3,(H2,19,22). The minimum atomic E-state index is -0.412. The molecule has 0 spiro atoms. The zero-order valence-electron chi connectivity index (χ0n) is 13.1. The van der Waals surface area contributed by atoms with Crippen LogP contribution in [0.3, 0.4) is 0 Å². The van der Waals surface area contributed by atoms with E-state index in [2.05, 4.69) is 28.8 Å². The quantitative estimate of drug-likeness (QED) is 0.864. The lowest BCUT2D eigenvalue weighted by Crippen LogP contribution is -2.29. The van der Waals surface area contributed by atoms with Crippen molar-refractivity contribution in [1.29, 1.82) is 0 Å². The summed E-state index contributed by atoms with van der Waals surface area (Å²) in [5, 5.41) is 0.845. The van der Waals surface area contributed by atoms with E-state index in [1.165, 1.54) is 0 Å². The van der Waals surface area contributed by atoms with Gasteiger partial charge in [-0.1, -0.05) is 18.1 Å². The molecule has 0 bridgehead atoms. The lowest BCUT2D eigenvalue weighted by Gasteiger charge is -2.25. The molecular weight excluding hydrogens is 306 g/mol. The summed E-state index contributed by atoms with van der Waals surface area (Å²) >= 11 is 1.58. The van der Waals surface area contributed by atoms with Gasteiger partial charge in [0.1, 0.15) is 0 Å². The third kappa shape index (κ3) is 3.98. The lowest BCUT2D eigenvalue weighted by atomic mass is 9.98. The van der Waals surface area contributed by atoms with Crippen molar-refractivity contribution in [2.75, 3.05) is 20.1 Å². The molecule has 1 aromatic heterocycles. The molecule has 2 N–H and O–H groups in total. The molecule has 118 valence electrons. The first-order valence-corrected chi connectivity index (χ1v) is 8.49. The fraction of sp³-hybridized carbons (Fsp3) is 0.333. The van der Waals surface area contributed by atoms with Crippen LogP contribution in [0.25, 0.3) is 10.4 Å². The average Bonchev–Trinajstić information content (AvgIpc) is 3.03. The summed E-state index contributed by atoms with van der Waals surface area (Å²) in [5.41, 5.74) is 6.80. The van der Waals surface area contributed by atoms with Crippen LogP contribution < -0.4 is 5.73 Å². The Balaban J connectivity index is 1.70. The van der Waals surface area contributed by atoms with Gasteiger partial charge < -0.3 is 10.6 Å². The van der Waals surface area contributed by atoms with Crippen LogP contribution in [0.1, 0.15) is 28.2 Å². The first kappa shape index (κ1) is 15.7. The zero-order valence-corrected chi connectivity index (χ0v) is 13.9. The highest BCUT2D eigenvalue weighted by Gasteiger charge is 2.14. The molecule has 1 fully saturated rings. The van der Waals surface area contributed by atoms with Gasteiger partial charge in [0.25, 0.3) is 0 Å². The van der Waals surface area contributed by atoms with Crippen molar-refractivity contribution in [3.05, 3.63) is 41.0 Å². The normalized spacial score (nSPS) is 15.9. The molecule has 2 heterocycles. The van der Waals surface area contributed by atoms with E-state index >= 15 is 0 Å². The second-order valence-corrected chi connectivity index (χ2v) is 6.85. The number of nitrogens with zero attached hydrogens (tertiary/aromatic N) is 2. The summed E-state index contributed by atoms with van der Waals surface area (Å²) in [5.74, 6) is 6.64. The molecule has 1 amide bonds. The van der Waals surface area contributed by atoms with Crippen LogP contribution >= 0.6 is 11.3 Å². The van der Waals surface area contributed by atoms with Crippen LogP contribution in [0.4, 0.5) is 0 Å². The smallest absolute Gasteiger partial charge is 0.248 e. The largest absolute Gasteiger partial charge is 0.366 e. The minimum Gasteiger partial charge on any atom is -0.366 e. The highest BCUT2D eigenvalue weighted by atomic mass is 32.1. The molecule has 0 radical (unpaired) electrons. The first-order valence-electron chi connectivity index (χ1n) is 7.68. The van der Waals surface area contributed by atoms with Crippen LogP contribution in [-0.4, -0.2) is 35.9 Å². The number of thiazole rings is 1. The molecular formula is C18H19N3OS. The monoisotopic (exact) mass is 325 g/mol. The van der Waals surface area contributed by atoms with Gasteiger partial charge >= 0.3 is 0 Å². The van der Waals surface area contributed by atoms with Gasteiger partial charge in [-0.15, -0.1) is 11.3 Å². The summed E-state index contributed by atoms with van der Waals surface area (Å²) in [6.07, 6.45) is 4.11. The molecule has 23 heavy (non-hydrogen) atoms. The molecule has 1 aliphatic rings. The van der Waals surface area contributed by atoms with E-state index in [0.717, 1.165) is 41.4 Å². The van der Waals surface area contributed by atoms with E-state index in [-0.39, 0.29) is 0 Å². The topological polar surface area (TPSA) is 59.2 Å². The summed E-state index contributed by atoms with van der Waals surface area (Å²) < 4.78 is 0. The van der Waals surface area contributed by atoms with Crippen molar-refractivity contribution < 1.29 is 4.79 Å². The number of likely N-dealkylation sites (tertiary alicyclic amines) is 1. The molecule has 0 aliphatic carbocycles. The Morgan fingerprint density at radius 2 is 2.00 bits per heavy atom. The summed E-state index contributed by atoms with van der Waals surface area (Å²) in [6.45, 7) is 2.24. The molecule has 1 saturated heterocycles. The van der Waals surface area contributed by atoms with Crippen molar-refractivity contribution in [2.24, 2.45) is 11.7 Å². The summed E-state index contributed by atoms with van der Waals surface area (Å²) in [4.78, 5) is 18.9. The van der Waals surface area contributed by atoms with E-state index in [1.54, 1.807) is 23.5 Å². The van der Waals surface area contributed by atoms with E-state index in [4.69, 9.17) is 5.73 Å². The van der Waals surface area contributed by atoms with Gasteiger partial charge in [-0.25, -0.2) is 4.98 Å². The number of piperidine rings is 1. The number of carbonyl (C=O) groups excluding carboxylic acids is 1. The van der Waals surface area contributed by atoms with Crippen LogP contribution in [0, 0.1) is 17.8 Å². The van der Waals surface area contributed by atoms with E-state index in [0.29, 0.717) is 11.5 Å². The molecule has 4 nitrogen and oxygen atoms in total. The predicted molar refractivity (Wildman–Crippen MR) is 93.2 cm³/mol. The first-order chi connectivity index (χ1) is 11.1. The Kier molecular flexibility index (Phi) is 4.75. The van der Waals surface area contributed by atoms with Crippen molar-refractivity contribution in [2.45, 2.75) is 12.8 Å². The highest BCUT2D eigenvalue weighted by molar-refractivity contribution is 7.15. The highest BCUT2D eigenvalue weighted by Crippen LogP contribution is 2.26. The second-order valence-electron chi connectivity index (χ2n) is 5.82. The Morgan fingerprint density at radius 3 is 2.65 bits per heavy atom. The number of primary amides is 1. The van der Waals surface area contributed by atoms with Gasteiger partial charge in [0.15, 0.2) is 5.01 Å². The maximum Gasteiger partial charge on any atom is 0.248 e. The van der Waals surface area contributed by atoms with Crippen molar-refractivity contribution in [3.63, 3.8) is 0 Å². The SMILES string of the molecule is CN1CCC(C#Cc2ncc(-c3ccc(C(N)=O)cc3)s2)CC1. The van der Waals surface area contributed by atoms with Crippen LogP contribution in [0.15, 0.2) is 30.5 Å². The maximum atomic E-state index is 11.1. The fourth-order valence-corrected chi connectivity index (χ4v) is 3.36. The van der Waals surface area contributed by atoms with Crippen molar-refractivity contribution >= 4 is 17.2 Å². The number of aromatic nitrogens is 1. The minimum absolute atomic E-state index is 0.412. The van der Waals surface area contributed by atoms with Crippen LogP contribution in [0.5, 0.6) is 0 Å². The number of nitrogens with two attached hydrogens (primary N) is 1. The van der Waals surface area contributed by atoms with Gasteiger partial charge in [-0.2, -0.15) is 0 Å². The summed E-state index contributed by atoms with van der Waals surface area (Å²) in [6, 6.07) is 7.26. The Labute approximate surface area is 140 Å². The van der Waals surface area contributed by atoms with Gasteiger partial charge in [0, 0.05) is 17.7 Å². The number of hydrogen-bond donors (Lipinski definition) is 1. The Hall–Kier alpha value is -2.16. The number of carbonyl (C=O) groups is 1. The third-order valence-corrected chi connectivity index (χ3v) is 5.02. The van der Waals surface area contributed by atoms with Gasteiger partial charge in [0.2, 0.25) is 5.91 Å². The molecule has 1 aromatic carbocycles. The Bertz CT molecular complexity index is 747. The van der Waals surface area contributed by atoms with Gasteiger partial charge in [-0.05, 0) is 56.6 Å². The molecule has 0 saturated carbocycles. The molecule has 2 aromatic rings. The van der Waals surface area contributed by atoms with Crippen LogP contribution in [0.2, 0.25) is 0 Å². The van der Waals surface area contributed by atoms with Crippen molar-refractivity contribution in [3.8, 4) is 22.3 Å². The predicted octanol–water partition coefficient (Wildman–Crippen LogP) is 2.60. The number of benzene rings is 1.